The van der Waals surface area contributed by atoms with E-state index in [0.29, 0.717) is 23.9 Å². The quantitative estimate of drug-likeness (QED) is 0.506. The molecule has 0 spiro atoms. The van der Waals surface area contributed by atoms with E-state index in [0.717, 1.165) is 30.8 Å². The number of nitrogens with zero attached hydrogens (tertiary/aromatic N) is 2. The zero-order valence-electron chi connectivity index (χ0n) is 20.2. The van der Waals surface area contributed by atoms with E-state index in [-0.39, 0.29) is 17.9 Å². The largest absolute Gasteiger partial charge is 0.350 e. The summed E-state index contributed by atoms with van der Waals surface area (Å²) in [5, 5.41) is 3.19. The third kappa shape index (κ3) is 6.42. The highest BCUT2D eigenvalue weighted by molar-refractivity contribution is 8.00. The van der Waals surface area contributed by atoms with Gasteiger partial charge in [-0.25, -0.2) is 0 Å². The maximum absolute atomic E-state index is 13.2. The second-order valence-corrected chi connectivity index (χ2v) is 10.5. The van der Waals surface area contributed by atoms with Crippen molar-refractivity contribution in [2.75, 3.05) is 32.4 Å². The van der Waals surface area contributed by atoms with Gasteiger partial charge in [-0.05, 0) is 56.5 Å². The molecule has 1 atom stereocenters. The summed E-state index contributed by atoms with van der Waals surface area (Å²) in [4.78, 5) is 31.3. The van der Waals surface area contributed by atoms with Crippen LogP contribution in [0.4, 0.5) is 0 Å². The predicted molar refractivity (Wildman–Crippen MR) is 139 cm³/mol. The lowest BCUT2D eigenvalue weighted by molar-refractivity contribution is -0.129. The minimum atomic E-state index is -0.0729. The van der Waals surface area contributed by atoms with Crippen molar-refractivity contribution in [1.82, 2.24) is 15.1 Å². The van der Waals surface area contributed by atoms with Crippen molar-refractivity contribution in [3.8, 4) is 0 Å². The van der Waals surface area contributed by atoms with E-state index < -0.39 is 0 Å². The maximum Gasteiger partial charge on any atom is 0.252 e. The standard InChI is InChI=1S/C28H37N3O2S/c1-30(23-14-6-3-7-15-23)27(32)21-34-26-17-9-8-16-24(26)28(33)29-20-25(31-18-10-11-19-31)22-12-4-2-5-13-22/h2,4-5,8-9,12-13,16-17,23,25H,3,6-7,10-11,14-15,18-21H2,1H3,(H,29,33). The molecule has 2 amide bonds. The van der Waals surface area contributed by atoms with Gasteiger partial charge in [0.05, 0.1) is 17.4 Å². The van der Waals surface area contributed by atoms with Gasteiger partial charge in [-0.2, -0.15) is 0 Å². The zero-order valence-corrected chi connectivity index (χ0v) is 21.1. The Kier molecular flexibility index (Phi) is 9.05. The van der Waals surface area contributed by atoms with Crippen LogP contribution in [0.25, 0.3) is 0 Å². The van der Waals surface area contributed by atoms with Crippen LogP contribution in [0.2, 0.25) is 0 Å². The fourth-order valence-corrected chi connectivity index (χ4v) is 6.14. The Bertz CT molecular complexity index is 940. The first kappa shape index (κ1) is 24.8. The second kappa shape index (κ2) is 12.4. The number of carbonyl (C=O) groups is 2. The molecule has 0 bridgehead atoms. The number of amides is 2. The zero-order chi connectivity index (χ0) is 23.8. The van der Waals surface area contributed by atoms with Crippen molar-refractivity contribution in [2.45, 2.75) is 61.9 Å². The number of likely N-dealkylation sites (tertiary alicyclic amines) is 1. The SMILES string of the molecule is CN(C(=O)CSc1ccccc1C(=O)NCC(c1ccccc1)N1CCCC1)C1CCCCC1. The average Bonchev–Trinajstić information content (AvgIpc) is 3.43. The van der Waals surface area contributed by atoms with Gasteiger partial charge in [0.1, 0.15) is 0 Å². The summed E-state index contributed by atoms with van der Waals surface area (Å²) in [5.74, 6) is 0.430. The van der Waals surface area contributed by atoms with Crippen molar-refractivity contribution in [3.63, 3.8) is 0 Å². The molecule has 1 heterocycles. The molecule has 0 radical (unpaired) electrons. The highest BCUT2D eigenvalue weighted by Crippen LogP contribution is 2.27. The molecule has 2 aliphatic rings. The molecule has 1 aliphatic carbocycles. The van der Waals surface area contributed by atoms with E-state index in [1.165, 1.54) is 49.4 Å². The number of nitrogens with one attached hydrogen (secondary N) is 1. The Labute approximate surface area is 208 Å². The smallest absolute Gasteiger partial charge is 0.252 e. The van der Waals surface area contributed by atoms with Crippen LogP contribution in [0, 0.1) is 0 Å². The normalized spacial score (nSPS) is 17.9. The molecule has 1 saturated carbocycles. The molecule has 1 aliphatic heterocycles. The van der Waals surface area contributed by atoms with E-state index in [2.05, 4.69) is 34.5 Å². The summed E-state index contributed by atoms with van der Waals surface area (Å²) in [7, 11) is 1.93. The van der Waals surface area contributed by atoms with Crippen LogP contribution in [0.1, 0.15) is 66.9 Å². The Morgan fingerprint density at radius 2 is 1.65 bits per heavy atom. The van der Waals surface area contributed by atoms with Gasteiger partial charge >= 0.3 is 0 Å². The Morgan fingerprint density at radius 1 is 0.971 bits per heavy atom. The lowest BCUT2D eigenvalue weighted by Crippen LogP contribution is -2.39. The number of hydrogen-bond acceptors (Lipinski definition) is 4. The fraction of sp³-hybridized carbons (Fsp3) is 0.500. The summed E-state index contributed by atoms with van der Waals surface area (Å²) >= 11 is 1.47. The first-order valence-corrected chi connectivity index (χ1v) is 13.7. The highest BCUT2D eigenvalue weighted by atomic mass is 32.2. The predicted octanol–water partition coefficient (Wildman–Crippen LogP) is 5.14. The van der Waals surface area contributed by atoms with Crippen LogP contribution >= 0.6 is 11.8 Å². The highest BCUT2D eigenvalue weighted by Gasteiger charge is 2.25. The lowest BCUT2D eigenvalue weighted by Gasteiger charge is -2.31. The van der Waals surface area contributed by atoms with Crippen molar-refractivity contribution >= 4 is 23.6 Å². The van der Waals surface area contributed by atoms with E-state index in [9.17, 15) is 9.59 Å². The van der Waals surface area contributed by atoms with E-state index in [4.69, 9.17) is 0 Å². The second-order valence-electron chi connectivity index (χ2n) is 9.46. The molecule has 182 valence electrons. The molecule has 1 N–H and O–H groups in total. The van der Waals surface area contributed by atoms with Crippen LogP contribution in [-0.4, -0.2) is 60.1 Å². The van der Waals surface area contributed by atoms with Crippen LogP contribution in [-0.2, 0) is 4.79 Å². The molecule has 5 nitrogen and oxygen atoms in total. The molecule has 2 aromatic rings. The van der Waals surface area contributed by atoms with Crippen LogP contribution in [0.15, 0.2) is 59.5 Å². The molecular weight excluding hydrogens is 442 g/mol. The van der Waals surface area contributed by atoms with Gasteiger partial charge in [-0.15, -0.1) is 11.8 Å². The van der Waals surface area contributed by atoms with Crippen molar-refractivity contribution in [1.29, 1.82) is 0 Å². The molecule has 6 heteroatoms. The van der Waals surface area contributed by atoms with E-state index >= 15 is 0 Å². The van der Waals surface area contributed by atoms with Gasteiger partial charge in [0, 0.05) is 24.5 Å². The monoisotopic (exact) mass is 479 g/mol. The first-order chi connectivity index (χ1) is 16.6. The van der Waals surface area contributed by atoms with Crippen molar-refractivity contribution < 1.29 is 9.59 Å². The van der Waals surface area contributed by atoms with Gasteiger partial charge in [-0.1, -0.05) is 61.7 Å². The third-order valence-corrected chi connectivity index (χ3v) is 8.28. The van der Waals surface area contributed by atoms with Gasteiger partial charge < -0.3 is 10.2 Å². The third-order valence-electron chi connectivity index (χ3n) is 7.22. The number of hydrogen-bond donors (Lipinski definition) is 1. The topological polar surface area (TPSA) is 52.7 Å². The molecule has 2 aromatic carbocycles. The van der Waals surface area contributed by atoms with Crippen molar-refractivity contribution in [2.24, 2.45) is 0 Å². The number of carbonyl (C=O) groups excluding carboxylic acids is 2. The van der Waals surface area contributed by atoms with E-state index in [1.807, 2.05) is 42.3 Å². The minimum absolute atomic E-state index is 0.0729. The van der Waals surface area contributed by atoms with E-state index in [1.54, 1.807) is 0 Å². The maximum atomic E-state index is 13.2. The van der Waals surface area contributed by atoms with Gasteiger partial charge in [0.15, 0.2) is 0 Å². The fourth-order valence-electron chi connectivity index (χ4n) is 5.16. The number of thioether (sulfide) groups is 1. The van der Waals surface area contributed by atoms with Gasteiger partial charge in [-0.3, -0.25) is 14.5 Å². The van der Waals surface area contributed by atoms with Crippen LogP contribution in [0.3, 0.4) is 0 Å². The molecule has 34 heavy (non-hydrogen) atoms. The summed E-state index contributed by atoms with van der Waals surface area (Å²) in [5.41, 5.74) is 1.89. The minimum Gasteiger partial charge on any atom is -0.350 e. The summed E-state index contributed by atoms with van der Waals surface area (Å²) in [6.07, 6.45) is 8.31. The summed E-state index contributed by atoms with van der Waals surface area (Å²) in [6, 6.07) is 18.6. The molecule has 4 rings (SSSR count). The molecule has 1 unspecified atom stereocenters. The molecule has 1 saturated heterocycles. The number of benzene rings is 2. The van der Waals surface area contributed by atoms with Crippen molar-refractivity contribution in [3.05, 3.63) is 65.7 Å². The van der Waals surface area contributed by atoms with Crippen LogP contribution < -0.4 is 5.32 Å². The molecule has 2 fully saturated rings. The van der Waals surface area contributed by atoms with Gasteiger partial charge in [0.2, 0.25) is 5.91 Å². The Balaban J connectivity index is 1.37. The Hall–Kier alpha value is -2.31. The molecular formula is C28H37N3O2S. The first-order valence-electron chi connectivity index (χ1n) is 12.7. The number of rotatable bonds is 9. The summed E-state index contributed by atoms with van der Waals surface area (Å²) < 4.78 is 0. The summed E-state index contributed by atoms with van der Waals surface area (Å²) in [6.45, 7) is 2.71. The molecule has 0 aromatic heterocycles. The van der Waals surface area contributed by atoms with Crippen LogP contribution in [0.5, 0.6) is 0 Å². The Morgan fingerprint density at radius 3 is 2.38 bits per heavy atom. The average molecular weight is 480 g/mol. The van der Waals surface area contributed by atoms with Gasteiger partial charge in [0.25, 0.3) is 5.91 Å². The lowest BCUT2D eigenvalue weighted by atomic mass is 9.94.